The molecule has 0 saturated carbocycles. The Kier molecular flexibility index (Phi) is 5.72. The summed E-state index contributed by atoms with van der Waals surface area (Å²) in [4.78, 5) is 13.5. The highest BCUT2D eigenvalue weighted by molar-refractivity contribution is 6.31. The average molecular weight is 407 g/mol. The summed E-state index contributed by atoms with van der Waals surface area (Å²) in [5.74, 6) is 0.910. The van der Waals surface area contributed by atoms with E-state index in [1.54, 1.807) is 6.92 Å². The van der Waals surface area contributed by atoms with Gasteiger partial charge in [0.1, 0.15) is 12.4 Å². The Labute approximate surface area is 176 Å². The third-order valence-electron chi connectivity index (χ3n) is 5.10. The zero-order valence-electron chi connectivity index (χ0n) is 16.3. The van der Waals surface area contributed by atoms with E-state index in [0.29, 0.717) is 18.2 Å². The lowest BCUT2D eigenvalue weighted by molar-refractivity contribution is -0.116. The van der Waals surface area contributed by atoms with E-state index in [4.69, 9.17) is 16.3 Å². The number of nitrogens with one attached hydrogen (secondary N) is 1. The minimum absolute atomic E-state index is 0.0954. The molecule has 148 valence electrons. The van der Waals surface area contributed by atoms with Gasteiger partial charge in [0.15, 0.2) is 0 Å². The van der Waals surface area contributed by atoms with E-state index in [1.807, 2.05) is 59.5 Å². The third kappa shape index (κ3) is 4.54. The summed E-state index contributed by atoms with van der Waals surface area (Å²) in [6.45, 7) is 3.51. The van der Waals surface area contributed by atoms with Gasteiger partial charge in [-0.25, -0.2) is 0 Å². The lowest BCUT2D eigenvalue weighted by Gasteiger charge is -2.15. The van der Waals surface area contributed by atoms with E-state index in [-0.39, 0.29) is 5.91 Å². The van der Waals surface area contributed by atoms with Crippen molar-refractivity contribution in [2.45, 2.75) is 26.5 Å². The van der Waals surface area contributed by atoms with Crippen LogP contribution in [0.5, 0.6) is 5.75 Å². The maximum atomic E-state index is 11.7. The molecule has 4 rings (SSSR count). The van der Waals surface area contributed by atoms with Crippen LogP contribution in [-0.2, 0) is 24.4 Å². The molecule has 1 heterocycles. The highest BCUT2D eigenvalue weighted by atomic mass is 35.5. The van der Waals surface area contributed by atoms with Crippen LogP contribution in [0.1, 0.15) is 23.6 Å². The van der Waals surface area contributed by atoms with E-state index in [2.05, 4.69) is 17.4 Å². The van der Waals surface area contributed by atoms with E-state index < -0.39 is 0 Å². The summed E-state index contributed by atoms with van der Waals surface area (Å²) >= 11 is 6.19. The zero-order valence-corrected chi connectivity index (χ0v) is 17.1. The minimum atomic E-state index is 0.0954. The second-order valence-corrected chi connectivity index (χ2v) is 7.55. The second-order valence-electron chi connectivity index (χ2n) is 7.15. The quantitative estimate of drug-likeness (QED) is 0.592. The number of halogens is 1. The molecule has 0 aliphatic carbocycles. The molecule has 1 amide bonds. The molecule has 0 aromatic heterocycles. The number of hydrogen-bond acceptors (Lipinski definition) is 3. The topological polar surface area (TPSA) is 41.6 Å². The first kappa shape index (κ1) is 19.3. The number of anilines is 2. The SMILES string of the molecule is CC(=O)N1CCc2cc(NCc3cccc(OCc4ccccc4Cl)c3)ccc21. The number of hydrogen-bond donors (Lipinski definition) is 1. The summed E-state index contributed by atoms with van der Waals surface area (Å²) in [5.41, 5.74) is 5.39. The molecule has 0 atom stereocenters. The van der Waals surface area contributed by atoms with Crippen molar-refractivity contribution < 1.29 is 9.53 Å². The van der Waals surface area contributed by atoms with E-state index in [9.17, 15) is 4.79 Å². The van der Waals surface area contributed by atoms with Gasteiger partial charge in [-0.15, -0.1) is 0 Å². The predicted octanol–water partition coefficient (Wildman–Crippen LogP) is 5.44. The number of ether oxygens (including phenoxy) is 1. The van der Waals surface area contributed by atoms with Crippen LogP contribution >= 0.6 is 11.6 Å². The molecule has 3 aromatic carbocycles. The smallest absolute Gasteiger partial charge is 0.223 e. The van der Waals surface area contributed by atoms with Gasteiger partial charge in [-0.05, 0) is 53.9 Å². The van der Waals surface area contributed by atoms with Gasteiger partial charge in [-0.2, -0.15) is 0 Å². The summed E-state index contributed by atoms with van der Waals surface area (Å²) in [6, 6.07) is 21.9. The van der Waals surface area contributed by atoms with Gasteiger partial charge in [0.25, 0.3) is 0 Å². The number of benzene rings is 3. The lowest BCUT2D eigenvalue weighted by Crippen LogP contribution is -2.25. The average Bonchev–Trinajstić information content (AvgIpc) is 3.16. The Balaban J connectivity index is 1.38. The van der Waals surface area contributed by atoms with Crippen molar-refractivity contribution in [3.63, 3.8) is 0 Å². The van der Waals surface area contributed by atoms with Crippen molar-refractivity contribution >= 4 is 28.9 Å². The Morgan fingerprint density at radius 3 is 2.79 bits per heavy atom. The summed E-state index contributed by atoms with van der Waals surface area (Å²) < 4.78 is 5.91. The van der Waals surface area contributed by atoms with Gasteiger partial charge < -0.3 is 15.0 Å². The molecular formula is C24H23ClN2O2. The fraction of sp³-hybridized carbons (Fsp3) is 0.208. The normalized spacial score (nSPS) is 12.6. The minimum Gasteiger partial charge on any atom is -0.489 e. The van der Waals surface area contributed by atoms with Gasteiger partial charge in [0, 0.05) is 42.0 Å². The third-order valence-corrected chi connectivity index (χ3v) is 5.47. The summed E-state index contributed by atoms with van der Waals surface area (Å²) in [5, 5.41) is 4.18. The fourth-order valence-electron chi connectivity index (χ4n) is 3.56. The molecule has 5 heteroatoms. The number of carbonyl (C=O) groups is 1. The molecule has 0 spiro atoms. The summed E-state index contributed by atoms with van der Waals surface area (Å²) in [6.07, 6.45) is 0.899. The van der Waals surface area contributed by atoms with Crippen LogP contribution < -0.4 is 15.0 Å². The van der Waals surface area contributed by atoms with Crippen LogP contribution in [-0.4, -0.2) is 12.5 Å². The molecule has 0 bridgehead atoms. The first-order chi connectivity index (χ1) is 14.1. The van der Waals surface area contributed by atoms with Gasteiger partial charge >= 0.3 is 0 Å². The van der Waals surface area contributed by atoms with Gasteiger partial charge in [0.2, 0.25) is 5.91 Å². The van der Waals surface area contributed by atoms with Crippen LogP contribution in [0.15, 0.2) is 66.7 Å². The van der Waals surface area contributed by atoms with Gasteiger partial charge in [-0.3, -0.25) is 4.79 Å². The van der Waals surface area contributed by atoms with Crippen LogP contribution in [0.2, 0.25) is 5.02 Å². The predicted molar refractivity (Wildman–Crippen MR) is 118 cm³/mol. The maximum Gasteiger partial charge on any atom is 0.223 e. The first-order valence-corrected chi connectivity index (χ1v) is 10.1. The van der Waals surface area contributed by atoms with Crippen molar-refractivity contribution in [1.29, 1.82) is 0 Å². The van der Waals surface area contributed by atoms with E-state index >= 15 is 0 Å². The Morgan fingerprint density at radius 2 is 1.97 bits per heavy atom. The number of carbonyl (C=O) groups excluding carboxylic acids is 1. The van der Waals surface area contributed by atoms with Gasteiger partial charge in [-0.1, -0.05) is 41.9 Å². The van der Waals surface area contributed by atoms with Crippen LogP contribution in [0.4, 0.5) is 11.4 Å². The fourth-order valence-corrected chi connectivity index (χ4v) is 3.75. The Bertz CT molecular complexity index is 1030. The van der Waals surface area contributed by atoms with Crippen molar-refractivity contribution in [2.75, 3.05) is 16.8 Å². The molecule has 0 fully saturated rings. The number of rotatable bonds is 6. The number of fused-ring (bicyclic) bond motifs is 1. The lowest BCUT2D eigenvalue weighted by atomic mass is 10.1. The standard InChI is InChI=1S/C24H23ClN2O2/c1-17(28)27-12-11-19-14-21(9-10-24(19)27)26-15-18-5-4-7-22(13-18)29-16-20-6-2-3-8-23(20)25/h2-10,13-14,26H,11-12,15-16H2,1H3. The number of nitrogens with zero attached hydrogens (tertiary/aromatic N) is 1. The van der Waals surface area contributed by atoms with Crippen LogP contribution in [0, 0.1) is 0 Å². The highest BCUT2D eigenvalue weighted by Gasteiger charge is 2.21. The number of amides is 1. The molecule has 0 saturated heterocycles. The largest absolute Gasteiger partial charge is 0.489 e. The Morgan fingerprint density at radius 1 is 1.10 bits per heavy atom. The monoisotopic (exact) mass is 406 g/mol. The van der Waals surface area contributed by atoms with Gasteiger partial charge in [0.05, 0.1) is 0 Å². The first-order valence-electron chi connectivity index (χ1n) is 9.70. The van der Waals surface area contributed by atoms with Crippen molar-refractivity contribution in [2.24, 2.45) is 0 Å². The summed E-state index contributed by atoms with van der Waals surface area (Å²) in [7, 11) is 0. The second kappa shape index (κ2) is 8.58. The van der Waals surface area contributed by atoms with Crippen molar-refractivity contribution in [3.8, 4) is 5.75 Å². The zero-order chi connectivity index (χ0) is 20.2. The van der Waals surface area contributed by atoms with Crippen molar-refractivity contribution in [1.82, 2.24) is 0 Å². The molecular weight excluding hydrogens is 384 g/mol. The molecule has 29 heavy (non-hydrogen) atoms. The molecule has 3 aromatic rings. The van der Waals surface area contributed by atoms with Crippen LogP contribution in [0.3, 0.4) is 0 Å². The van der Waals surface area contributed by atoms with E-state index in [1.165, 1.54) is 5.56 Å². The molecule has 1 aliphatic rings. The molecule has 1 N–H and O–H groups in total. The molecule has 4 nitrogen and oxygen atoms in total. The molecule has 1 aliphatic heterocycles. The molecule has 0 unspecified atom stereocenters. The van der Waals surface area contributed by atoms with E-state index in [0.717, 1.165) is 41.2 Å². The highest BCUT2D eigenvalue weighted by Crippen LogP contribution is 2.30. The van der Waals surface area contributed by atoms with Crippen molar-refractivity contribution in [3.05, 3.63) is 88.4 Å². The van der Waals surface area contributed by atoms with Crippen LogP contribution in [0.25, 0.3) is 0 Å². The Hall–Kier alpha value is -2.98. The maximum absolute atomic E-state index is 11.7. The molecule has 0 radical (unpaired) electrons.